The molecular formula is C34H60N2O15. The van der Waals surface area contributed by atoms with Gasteiger partial charge < -0.3 is 37.9 Å². The van der Waals surface area contributed by atoms with Crippen LogP contribution in [0.15, 0.2) is 12.3 Å². The Kier molecular flexibility index (Phi) is 19.6. The fourth-order valence-electron chi connectivity index (χ4n) is 2.88. The number of carbonyl (C=O) groups excluding carboxylic acids is 7. The number of methoxy groups -OCH3 is 2. The van der Waals surface area contributed by atoms with Crippen LogP contribution in [-0.4, -0.2) is 107 Å². The molecule has 0 aromatic heterocycles. The summed E-state index contributed by atoms with van der Waals surface area (Å²) < 4.78 is 39.6. The van der Waals surface area contributed by atoms with E-state index >= 15 is 0 Å². The third-order valence-corrected chi connectivity index (χ3v) is 4.56. The quantitative estimate of drug-likeness (QED) is 0.151. The molecule has 0 aromatic carbocycles. The van der Waals surface area contributed by atoms with Gasteiger partial charge in [-0.2, -0.15) is 9.80 Å². The van der Waals surface area contributed by atoms with E-state index < -0.39 is 88.8 Å². The van der Waals surface area contributed by atoms with Crippen molar-refractivity contribution in [2.45, 2.75) is 145 Å². The molecule has 1 unspecified atom stereocenters. The highest BCUT2D eigenvalue weighted by Crippen LogP contribution is 2.20. The molecule has 0 fully saturated rings. The largest absolute Gasteiger partial charge is 0.508 e. The van der Waals surface area contributed by atoms with Crippen LogP contribution in [0.25, 0.3) is 0 Å². The summed E-state index contributed by atoms with van der Waals surface area (Å²) in [4.78, 5) is 85.9. The molecule has 17 heteroatoms. The SMILES string of the molecule is C.C=C(C(=O)OC)N(C(=O)OC(C)(C)C)C(=O)OC(C)(C)C.COC(=O)C(COC(=O)OC(C)(C)C)N(C(=O)OC(C)(C)C)C(=O)OC(C)(C)C. The summed E-state index contributed by atoms with van der Waals surface area (Å²) >= 11 is 0. The van der Waals surface area contributed by atoms with Crippen molar-refractivity contribution >= 4 is 42.5 Å². The summed E-state index contributed by atoms with van der Waals surface area (Å²) in [6, 6.07) is -1.64. The van der Waals surface area contributed by atoms with E-state index in [1.807, 2.05) is 0 Å². The maximum atomic E-state index is 12.6. The summed E-state index contributed by atoms with van der Waals surface area (Å²) in [5.74, 6) is -1.95. The lowest BCUT2D eigenvalue weighted by Crippen LogP contribution is -2.54. The highest BCUT2D eigenvalue weighted by molar-refractivity contribution is 6.00. The van der Waals surface area contributed by atoms with Crippen LogP contribution in [0.4, 0.5) is 24.0 Å². The molecule has 0 aromatic rings. The minimum Gasteiger partial charge on any atom is -0.467 e. The molecule has 0 N–H and O–H groups in total. The van der Waals surface area contributed by atoms with Crippen LogP contribution in [0.2, 0.25) is 0 Å². The predicted octanol–water partition coefficient (Wildman–Crippen LogP) is 7.13. The second-order valence-electron chi connectivity index (χ2n) is 15.4. The number of amides is 4. The number of imide groups is 2. The van der Waals surface area contributed by atoms with Gasteiger partial charge in [-0.3, -0.25) is 0 Å². The third kappa shape index (κ3) is 22.7. The van der Waals surface area contributed by atoms with E-state index in [-0.39, 0.29) is 7.43 Å². The maximum Gasteiger partial charge on any atom is 0.508 e. The lowest BCUT2D eigenvalue weighted by atomic mass is 10.2. The van der Waals surface area contributed by atoms with Gasteiger partial charge in [-0.05, 0) is 104 Å². The Morgan fingerprint density at radius 1 is 0.529 bits per heavy atom. The molecule has 0 rings (SSSR count). The number of ether oxygens (including phenoxy) is 8. The Labute approximate surface area is 302 Å². The first-order valence-electron chi connectivity index (χ1n) is 15.4. The second-order valence-corrected chi connectivity index (χ2v) is 15.4. The first-order valence-corrected chi connectivity index (χ1v) is 15.4. The van der Waals surface area contributed by atoms with Gasteiger partial charge in [0.15, 0.2) is 6.04 Å². The monoisotopic (exact) mass is 736 g/mol. The number of esters is 2. The van der Waals surface area contributed by atoms with Crippen LogP contribution < -0.4 is 0 Å². The van der Waals surface area contributed by atoms with Crippen molar-refractivity contribution in [2.75, 3.05) is 20.8 Å². The molecule has 4 amide bonds. The standard InChI is InChI=1S/C19H33NO9.C14H23NO6.CH4/c1-17(2,3)27-14(22)20(15(23)28-18(4,5)6)12(13(21)25-10)11-26-16(24)29-19(7,8)9;1-9(10(16)19-8)15(11(17)20-13(2,3)4)12(18)21-14(5,6)7;/h12H,11H2,1-10H3;1H2,2-8H3;1H4. The second kappa shape index (κ2) is 19.7. The first kappa shape index (κ1) is 50.8. The Morgan fingerprint density at radius 2 is 0.843 bits per heavy atom. The van der Waals surface area contributed by atoms with Gasteiger partial charge in [-0.25, -0.2) is 33.6 Å². The zero-order valence-corrected chi connectivity index (χ0v) is 32.5. The maximum absolute atomic E-state index is 12.6. The number of hydrogen-bond acceptors (Lipinski definition) is 15. The molecule has 0 radical (unpaired) electrons. The van der Waals surface area contributed by atoms with Gasteiger partial charge in [0.1, 0.15) is 40.3 Å². The average molecular weight is 737 g/mol. The number of rotatable bonds is 6. The topological polar surface area (TPSA) is 200 Å². The first-order chi connectivity index (χ1) is 22.1. The predicted molar refractivity (Wildman–Crippen MR) is 184 cm³/mol. The van der Waals surface area contributed by atoms with Gasteiger partial charge in [-0.15, -0.1) is 0 Å². The Hall–Kier alpha value is -4.57. The van der Waals surface area contributed by atoms with Crippen LogP contribution in [0.5, 0.6) is 0 Å². The molecule has 0 saturated carbocycles. The zero-order chi connectivity index (χ0) is 40.2. The molecule has 1 atom stereocenters. The molecule has 0 aliphatic heterocycles. The molecule has 0 aliphatic carbocycles. The third-order valence-electron chi connectivity index (χ3n) is 4.56. The number of hydrogen-bond donors (Lipinski definition) is 0. The summed E-state index contributed by atoms with van der Waals surface area (Å²) in [5.41, 5.74) is -4.97. The van der Waals surface area contributed by atoms with Crippen molar-refractivity contribution in [3.63, 3.8) is 0 Å². The average Bonchev–Trinajstić information content (AvgIpc) is 2.84. The van der Waals surface area contributed by atoms with Gasteiger partial charge in [-0.1, -0.05) is 14.0 Å². The van der Waals surface area contributed by atoms with E-state index in [1.54, 1.807) is 104 Å². The van der Waals surface area contributed by atoms with Crippen molar-refractivity contribution in [3.05, 3.63) is 12.3 Å². The number of nitrogens with zero attached hydrogens (tertiary/aromatic N) is 2. The van der Waals surface area contributed by atoms with E-state index in [9.17, 15) is 33.6 Å². The fourth-order valence-corrected chi connectivity index (χ4v) is 2.88. The van der Waals surface area contributed by atoms with Crippen molar-refractivity contribution in [2.24, 2.45) is 0 Å². The normalized spacial score (nSPS) is 12.1. The summed E-state index contributed by atoms with van der Waals surface area (Å²) in [7, 11) is 2.17. The lowest BCUT2D eigenvalue weighted by Gasteiger charge is -2.32. The summed E-state index contributed by atoms with van der Waals surface area (Å²) in [6.45, 7) is 26.8. The zero-order valence-electron chi connectivity index (χ0n) is 32.5. The van der Waals surface area contributed by atoms with Crippen LogP contribution in [0, 0.1) is 0 Å². The van der Waals surface area contributed by atoms with E-state index in [0.717, 1.165) is 14.2 Å². The van der Waals surface area contributed by atoms with E-state index in [0.29, 0.717) is 9.80 Å². The molecule has 17 nitrogen and oxygen atoms in total. The van der Waals surface area contributed by atoms with Crippen LogP contribution >= 0.6 is 0 Å². The van der Waals surface area contributed by atoms with Gasteiger partial charge in [0.05, 0.1) is 14.2 Å². The minimum atomic E-state index is -1.64. The van der Waals surface area contributed by atoms with Gasteiger partial charge in [0.25, 0.3) is 0 Å². The molecular weight excluding hydrogens is 676 g/mol. The van der Waals surface area contributed by atoms with E-state index in [1.165, 1.54) is 0 Å². The molecule has 0 saturated heterocycles. The molecule has 0 spiro atoms. The van der Waals surface area contributed by atoms with Crippen LogP contribution in [0.1, 0.15) is 111 Å². The Morgan fingerprint density at radius 3 is 1.12 bits per heavy atom. The van der Waals surface area contributed by atoms with Crippen LogP contribution in [-0.2, 0) is 47.5 Å². The molecule has 51 heavy (non-hydrogen) atoms. The molecule has 0 heterocycles. The highest BCUT2D eigenvalue weighted by atomic mass is 16.7. The van der Waals surface area contributed by atoms with E-state index in [2.05, 4.69) is 16.1 Å². The Bertz CT molecular complexity index is 1180. The highest BCUT2D eigenvalue weighted by Gasteiger charge is 2.42. The Balaban J connectivity index is -0.000000931. The van der Waals surface area contributed by atoms with Crippen molar-refractivity contribution in [3.8, 4) is 0 Å². The summed E-state index contributed by atoms with van der Waals surface area (Å²) in [5, 5.41) is 0. The molecule has 0 aliphatic rings. The van der Waals surface area contributed by atoms with Crippen molar-refractivity contribution in [1.29, 1.82) is 0 Å². The van der Waals surface area contributed by atoms with Crippen LogP contribution in [0.3, 0.4) is 0 Å². The van der Waals surface area contributed by atoms with Gasteiger partial charge >= 0.3 is 42.5 Å². The lowest BCUT2D eigenvalue weighted by molar-refractivity contribution is -0.148. The smallest absolute Gasteiger partial charge is 0.467 e. The van der Waals surface area contributed by atoms with Gasteiger partial charge in [0, 0.05) is 0 Å². The minimum absolute atomic E-state index is 0. The molecule has 0 bridgehead atoms. The van der Waals surface area contributed by atoms with Crippen molar-refractivity contribution in [1.82, 2.24) is 9.80 Å². The fraction of sp³-hybridized carbons (Fsp3) is 0.735. The van der Waals surface area contributed by atoms with Crippen molar-refractivity contribution < 1.29 is 71.5 Å². The summed E-state index contributed by atoms with van der Waals surface area (Å²) in [6.07, 6.45) is -5.52. The van der Waals surface area contributed by atoms with E-state index in [4.69, 9.17) is 28.4 Å². The van der Waals surface area contributed by atoms with Gasteiger partial charge in [0.2, 0.25) is 0 Å². The number of carbonyl (C=O) groups is 7. The molecule has 296 valence electrons.